The van der Waals surface area contributed by atoms with Gasteiger partial charge in [0.25, 0.3) is 11.8 Å². The van der Waals surface area contributed by atoms with Crippen LogP contribution in [0.2, 0.25) is 0 Å². The summed E-state index contributed by atoms with van der Waals surface area (Å²) in [6, 6.07) is 4.17. The summed E-state index contributed by atoms with van der Waals surface area (Å²) in [6.45, 7) is -3.25. The van der Waals surface area contributed by atoms with E-state index in [0.717, 1.165) is 19.4 Å². The summed E-state index contributed by atoms with van der Waals surface area (Å²) >= 11 is 1.94. The number of rotatable bonds is 17. The Bertz CT molecular complexity index is 2010. The topological polar surface area (TPSA) is 190 Å². The zero-order valence-corrected chi connectivity index (χ0v) is 34.8. The molecule has 2 aromatic carbocycles. The second-order valence-corrected chi connectivity index (χ2v) is 15.8. The number of carbonyl (C=O) groups excluding carboxylic acids is 4. The summed E-state index contributed by atoms with van der Waals surface area (Å²) in [7, 11) is 0.775. The molecule has 0 spiro atoms. The number of benzene rings is 2. The molecule has 61 heavy (non-hydrogen) atoms. The van der Waals surface area contributed by atoms with E-state index in [2.05, 4.69) is 19.9 Å². The fourth-order valence-corrected chi connectivity index (χ4v) is 5.90. The predicted octanol–water partition coefficient (Wildman–Crippen LogP) is 6.12. The van der Waals surface area contributed by atoms with Crippen LogP contribution in [0.4, 0.5) is 53.5 Å². The van der Waals surface area contributed by atoms with Gasteiger partial charge in [0, 0.05) is 34.0 Å². The van der Waals surface area contributed by atoms with Gasteiger partial charge in [0.05, 0.1) is 30.4 Å². The van der Waals surface area contributed by atoms with Crippen LogP contribution in [0.1, 0.15) is 45.4 Å². The van der Waals surface area contributed by atoms with E-state index in [9.17, 15) is 59.4 Å². The number of aliphatic hydroxyl groups is 1. The molecule has 3 aromatic rings. The highest BCUT2D eigenvalue weighted by Gasteiger charge is 2.58. The molecule has 1 heterocycles. The fourth-order valence-electron chi connectivity index (χ4n) is 5.54. The zero-order valence-electron chi connectivity index (χ0n) is 32.6. The number of ether oxygens (including phenoxy) is 2. The first-order chi connectivity index (χ1) is 28.0. The van der Waals surface area contributed by atoms with Crippen molar-refractivity contribution >= 4 is 46.6 Å². The summed E-state index contributed by atoms with van der Waals surface area (Å²) in [5.41, 5.74) is -0.502. The Kier molecular flexibility index (Phi) is 16.4. The van der Waals surface area contributed by atoms with Gasteiger partial charge in [-0.15, -0.1) is 0 Å². The Morgan fingerprint density at radius 2 is 1.46 bits per heavy atom. The summed E-state index contributed by atoms with van der Waals surface area (Å²) in [4.78, 5) is 51.1. The summed E-state index contributed by atoms with van der Waals surface area (Å²) in [6.07, 6.45) is -18.1. The Morgan fingerprint density at radius 1 is 0.902 bits per heavy atom. The normalized spacial score (nSPS) is 14.5. The van der Waals surface area contributed by atoms with Crippen LogP contribution in [0.15, 0.2) is 48.7 Å². The maximum atomic E-state index is 15.7. The molecule has 6 N–H and O–H groups in total. The summed E-state index contributed by atoms with van der Waals surface area (Å²) in [5, 5.41) is 19.6. The highest BCUT2D eigenvalue weighted by atomic mass is 127. The van der Waals surface area contributed by atoms with Crippen LogP contribution in [0.3, 0.4) is 0 Å². The number of aromatic nitrogens is 2. The largest absolute Gasteiger partial charge is 0.453 e. The second-order valence-electron chi connectivity index (χ2n) is 14.6. The van der Waals surface area contributed by atoms with Gasteiger partial charge in [-0.1, -0.05) is 12.1 Å². The Morgan fingerprint density at radius 3 is 1.93 bits per heavy atom. The third-order valence-corrected chi connectivity index (χ3v) is 10.2. The van der Waals surface area contributed by atoms with Crippen LogP contribution in [0, 0.1) is 26.0 Å². The lowest BCUT2D eigenvalue weighted by molar-refractivity contribution is -0.238. The minimum Gasteiger partial charge on any atom is -0.453 e. The molecule has 3 rings (SSSR count). The number of nitrogens with zero attached hydrogens (tertiary/aromatic N) is 3. The Balaban J connectivity index is 2.15. The smallest absolute Gasteiger partial charge is 0.407 e. The molecule has 25 heteroatoms. The maximum Gasteiger partial charge on any atom is 0.407 e. The average molecular weight is 1000 g/mol. The molecule has 338 valence electrons. The quantitative estimate of drug-likeness (QED) is 0.0604. The molecule has 0 radical (unpaired) electrons. The molecular formula is C36H40F10IN7O7. The van der Waals surface area contributed by atoms with Crippen molar-refractivity contribution < 1.29 is 77.7 Å². The van der Waals surface area contributed by atoms with Gasteiger partial charge in [0.2, 0.25) is 0 Å². The van der Waals surface area contributed by atoms with Crippen LogP contribution in [-0.2, 0) is 32.0 Å². The van der Waals surface area contributed by atoms with E-state index in [4.69, 9.17) is 5.73 Å². The molecule has 0 saturated carbocycles. The Hall–Kier alpha value is -4.92. The fraction of sp³-hybridized carbons (Fsp3) is 0.472. The van der Waals surface area contributed by atoms with E-state index in [-0.39, 0.29) is 15.9 Å². The number of primary amides is 1. The molecule has 4 atom stereocenters. The van der Waals surface area contributed by atoms with Crippen molar-refractivity contribution in [2.24, 2.45) is 16.6 Å². The monoisotopic (exact) mass is 999 g/mol. The van der Waals surface area contributed by atoms with Crippen LogP contribution in [0.25, 0.3) is 11.3 Å². The maximum absolute atomic E-state index is 15.7. The molecular weight excluding hydrogens is 959 g/mol. The van der Waals surface area contributed by atoms with Crippen molar-refractivity contribution in [2.75, 3.05) is 13.7 Å². The Labute approximate surface area is 354 Å². The SMILES string of the molecule is COC(=O)NC(C(=O)NN(Cc1c(F)cc(-c2ccn(C(F)F)n2)cc1F)CC(O)C(Cc1ccc(I)cc1)NC(=O)C(OC(N)=O)C(C)(C)C(F)(F)F)C(C)(C)C(F)(F)F. The predicted molar refractivity (Wildman–Crippen MR) is 202 cm³/mol. The van der Waals surface area contributed by atoms with Crippen LogP contribution >= 0.6 is 22.6 Å². The van der Waals surface area contributed by atoms with Crippen molar-refractivity contribution in [1.82, 2.24) is 30.8 Å². The van der Waals surface area contributed by atoms with Gasteiger partial charge in [-0.3, -0.25) is 15.0 Å². The van der Waals surface area contributed by atoms with Gasteiger partial charge in [0.15, 0.2) is 6.10 Å². The minimum atomic E-state index is -5.21. The highest BCUT2D eigenvalue weighted by molar-refractivity contribution is 14.1. The number of hydrogen-bond donors (Lipinski definition) is 5. The second kappa shape index (κ2) is 19.9. The van der Waals surface area contributed by atoms with Gasteiger partial charge in [-0.05, 0) is 92.6 Å². The van der Waals surface area contributed by atoms with E-state index in [1.807, 2.05) is 28.0 Å². The third-order valence-electron chi connectivity index (χ3n) is 9.45. The van der Waals surface area contributed by atoms with Crippen LogP contribution < -0.4 is 21.8 Å². The van der Waals surface area contributed by atoms with Gasteiger partial charge in [-0.2, -0.15) is 40.2 Å². The zero-order chi connectivity index (χ0) is 46.4. The first-order valence-electron chi connectivity index (χ1n) is 17.5. The first kappa shape index (κ1) is 50.4. The lowest BCUT2D eigenvalue weighted by Gasteiger charge is -2.37. The number of carbonyl (C=O) groups is 4. The summed E-state index contributed by atoms with van der Waals surface area (Å²) < 4.78 is 153. The molecule has 0 aliphatic carbocycles. The van der Waals surface area contributed by atoms with Crippen LogP contribution in [-0.4, -0.2) is 94.2 Å². The molecule has 0 aliphatic heterocycles. The number of nitrogens with two attached hydrogens (primary N) is 1. The number of hydrazine groups is 1. The molecule has 0 fully saturated rings. The number of alkyl carbamates (subject to hydrolysis) is 1. The van der Waals surface area contributed by atoms with Crippen molar-refractivity contribution in [3.05, 3.63) is 75.0 Å². The highest BCUT2D eigenvalue weighted by Crippen LogP contribution is 2.42. The summed E-state index contributed by atoms with van der Waals surface area (Å²) in [5.74, 6) is -6.16. The molecule has 0 aliphatic rings. The van der Waals surface area contributed by atoms with E-state index in [1.165, 1.54) is 12.1 Å². The van der Waals surface area contributed by atoms with Gasteiger partial charge in [0.1, 0.15) is 23.1 Å². The number of nitrogens with one attached hydrogen (secondary N) is 3. The van der Waals surface area contributed by atoms with Crippen LogP contribution in [0.5, 0.6) is 0 Å². The molecule has 0 bridgehead atoms. The molecule has 14 nitrogen and oxygen atoms in total. The molecule has 1 aromatic heterocycles. The van der Waals surface area contributed by atoms with Crippen molar-refractivity contribution in [3.8, 4) is 11.3 Å². The molecule has 4 amide bonds. The number of alkyl halides is 8. The molecule has 4 unspecified atom stereocenters. The average Bonchev–Trinajstić information content (AvgIpc) is 3.64. The lowest BCUT2D eigenvalue weighted by Crippen LogP contribution is -2.62. The van der Waals surface area contributed by atoms with E-state index in [0.29, 0.717) is 54.0 Å². The van der Waals surface area contributed by atoms with Gasteiger partial charge < -0.3 is 30.9 Å². The van der Waals surface area contributed by atoms with Gasteiger partial charge in [-0.25, -0.2) is 28.1 Å². The van der Waals surface area contributed by atoms with E-state index < -0.39 is 115 Å². The van der Waals surface area contributed by atoms with Crippen molar-refractivity contribution in [1.29, 1.82) is 0 Å². The number of methoxy groups -OCH3 is 1. The van der Waals surface area contributed by atoms with E-state index >= 15 is 8.78 Å². The number of hydrogen-bond acceptors (Lipinski definition) is 9. The van der Waals surface area contributed by atoms with Crippen molar-refractivity contribution in [3.63, 3.8) is 0 Å². The number of halogens is 11. The lowest BCUT2D eigenvalue weighted by atomic mass is 9.83. The van der Waals surface area contributed by atoms with E-state index in [1.54, 1.807) is 17.4 Å². The number of aliphatic hydroxyl groups excluding tert-OH is 1. The molecule has 0 saturated heterocycles. The first-order valence-corrected chi connectivity index (χ1v) is 18.6. The number of amides is 4. The van der Waals surface area contributed by atoms with Crippen molar-refractivity contribution in [2.45, 2.75) is 83.9 Å². The standard InChI is InChI=1S/C36H40F10IN7O7/c1-33(2,35(41,42)43)26(50-32(59)60-5)28(56)52-53(15-20-21(37)13-18(14-22(20)38)23-10-11-54(51-23)30(39)40)16-25(55)24(12-17-6-8-19(47)9-7-17)49-29(57)27(61-31(48)58)34(3,4)36(44,45)46/h6-11,13-14,24-27,30,55H,12,15-16H2,1-5H3,(H2,48,58)(H,49,57)(H,50,59)(H,52,56). The third kappa shape index (κ3) is 12.8. The minimum absolute atomic E-state index is 0.191. The van der Waals surface area contributed by atoms with Gasteiger partial charge >= 0.3 is 31.1 Å².